The Morgan fingerprint density at radius 1 is 1.16 bits per heavy atom. The third kappa shape index (κ3) is 3.85. The molecule has 3 rings (SSSR count). The number of pyridine rings is 1. The molecule has 6 nitrogen and oxygen atoms in total. The van der Waals surface area contributed by atoms with Gasteiger partial charge in [0.15, 0.2) is 0 Å². The Bertz CT molecular complexity index is 774. The van der Waals surface area contributed by atoms with Crippen LogP contribution in [0.5, 0.6) is 0 Å². The molecule has 6 heteroatoms. The fourth-order valence-electron chi connectivity index (χ4n) is 2.83. The molecule has 0 aliphatic carbocycles. The van der Waals surface area contributed by atoms with E-state index in [2.05, 4.69) is 10.3 Å². The first-order valence-corrected chi connectivity index (χ1v) is 8.18. The maximum absolute atomic E-state index is 12.9. The van der Waals surface area contributed by atoms with Gasteiger partial charge in [0.1, 0.15) is 0 Å². The van der Waals surface area contributed by atoms with Crippen molar-refractivity contribution in [1.29, 1.82) is 0 Å². The molecule has 0 bridgehead atoms. The van der Waals surface area contributed by atoms with Crippen LogP contribution in [-0.4, -0.2) is 47.0 Å². The first kappa shape index (κ1) is 17.1. The number of nitrogens with zero attached hydrogens (tertiary/aromatic N) is 2. The molecular formula is C19H21N3O3. The highest BCUT2D eigenvalue weighted by Gasteiger charge is 2.34. The maximum atomic E-state index is 12.9. The first-order chi connectivity index (χ1) is 12.0. The quantitative estimate of drug-likeness (QED) is 0.933. The summed E-state index contributed by atoms with van der Waals surface area (Å²) >= 11 is 0. The lowest BCUT2D eigenvalue weighted by atomic mass is 10.0. The molecule has 1 aliphatic rings. The summed E-state index contributed by atoms with van der Waals surface area (Å²) in [5, 5.41) is 2.81. The Balaban J connectivity index is 1.77. The average Bonchev–Trinajstić information content (AvgIpc) is 2.62. The molecule has 0 radical (unpaired) electrons. The number of ether oxygens (including phenoxy) is 1. The number of anilines is 1. The molecule has 0 spiro atoms. The highest BCUT2D eigenvalue weighted by atomic mass is 16.5. The first-order valence-electron chi connectivity index (χ1n) is 8.18. The lowest BCUT2D eigenvalue weighted by molar-refractivity contribution is -0.0370. The van der Waals surface area contributed by atoms with E-state index in [9.17, 15) is 9.59 Å². The zero-order valence-corrected chi connectivity index (χ0v) is 14.4. The SMILES string of the molecule is CC1(C)COCCN1C(=O)c1cccc(NC(=O)c2ccncc2)c1. The number of aromatic nitrogens is 1. The predicted octanol–water partition coefficient (Wildman–Crippen LogP) is 2.58. The number of carbonyl (C=O) groups is 2. The Labute approximate surface area is 146 Å². The van der Waals surface area contributed by atoms with Gasteiger partial charge in [-0.05, 0) is 44.2 Å². The normalized spacial score (nSPS) is 16.3. The summed E-state index contributed by atoms with van der Waals surface area (Å²) in [6, 6.07) is 10.3. The third-order valence-corrected chi connectivity index (χ3v) is 4.20. The summed E-state index contributed by atoms with van der Waals surface area (Å²) in [6.45, 7) is 5.57. The van der Waals surface area contributed by atoms with Crippen molar-refractivity contribution in [3.05, 3.63) is 59.9 Å². The Kier molecular flexibility index (Phi) is 4.81. The number of benzene rings is 1. The molecule has 25 heavy (non-hydrogen) atoms. The van der Waals surface area contributed by atoms with Gasteiger partial charge in [0.05, 0.1) is 18.8 Å². The number of rotatable bonds is 3. The van der Waals surface area contributed by atoms with Crippen molar-refractivity contribution >= 4 is 17.5 Å². The van der Waals surface area contributed by atoms with E-state index in [-0.39, 0.29) is 17.4 Å². The summed E-state index contributed by atoms with van der Waals surface area (Å²) < 4.78 is 5.47. The number of nitrogens with one attached hydrogen (secondary N) is 1. The van der Waals surface area contributed by atoms with E-state index in [1.807, 2.05) is 18.7 Å². The van der Waals surface area contributed by atoms with Gasteiger partial charge < -0.3 is 15.0 Å². The summed E-state index contributed by atoms with van der Waals surface area (Å²) in [5.74, 6) is -0.299. The molecule has 1 aromatic carbocycles. The second-order valence-corrected chi connectivity index (χ2v) is 6.59. The van der Waals surface area contributed by atoms with Gasteiger partial charge in [-0.2, -0.15) is 0 Å². The summed E-state index contributed by atoms with van der Waals surface area (Å²) in [5.41, 5.74) is 1.29. The van der Waals surface area contributed by atoms with Crippen molar-refractivity contribution in [2.45, 2.75) is 19.4 Å². The minimum absolute atomic E-state index is 0.0617. The number of hydrogen-bond acceptors (Lipinski definition) is 4. The topological polar surface area (TPSA) is 71.5 Å². The highest BCUT2D eigenvalue weighted by Crippen LogP contribution is 2.23. The van der Waals surface area contributed by atoms with Crippen LogP contribution in [-0.2, 0) is 4.74 Å². The van der Waals surface area contributed by atoms with Crippen LogP contribution >= 0.6 is 0 Å². The van der Waals surface area contributed by atoms with Crippen LogP contribution in [0.4, 0.5) is 5.69 Å². The van der Waals surface area contributed by atoms with Gasteiger partial charge in [-0.25, -0.2) is 0 Å². The fraction of sp³-hybridized carbons (Fsp3) is 0.316. The molecule has 0 saturated carbocycles. The number of morpholine rings is 1. The van der Waals surface area contributed by atoms with Crippen LogP contribution < -0.4 is 5.32 Å². The van der Waals surface area contributed by atoms with E-state index in [4.69, 9.17) is 4.74 Å². The van der Waals surface area contributed by atoms with Gasteiger partial charge in [-0.1, -0.05) is 6.07 Å². The van der Waals surface area contributed by atoms with Crippen molar-refractivity contribution in [2.75, 3.05) is 25.1 Å². The van der Waals surface area contributed by atoms with E-state index < -0.39 is 0 Å². The van der Waals surface area contributed by atoms with Crippen LogP contribution in [0.2, 0.25) is 0 Å². The average molecular weight is 339 g/mol. The fourth-order valence-corrected chi connectivity index (χ4v) is 2.83. The predicted molar refractivity (Wildman–Crippen MR) is 94.6 cm³/mol. The van der Waals surface area contributed by atoms with Crippen molar-refractivity contribution in [2.24, 2.45) is 0 Å². The molecule has 1 aromatic heterocycles. The minimum Gasteiger partial charge on any atom is -0.377 e. The lowest BCUT2D eigenvalue weighted by Gasteiger charge is -2.42. The van der Waals surface area contributed by atoms with Crippen molar-refractivity contribution in [3.8, 4) is 0 Å². The molecule has 130 valence electrons. The second-order valence-electron chi connectivity index (χ2n) is 6.59. The van der Waals surface area contributed by atoms with Crippen LogP contribution in [0.15, 0.2) is 48.8 Å². The number of amides is 2. The zero-order valence-electron chi connectivity index (χ0n) is 14.4. The Hall–Kier alpha value is -2.73. The van der Waals surface area contributed by atoms with Crippen LogP contribution in [0.25, 0.3) is 0 Å². The molecule has 2 amide bonds. The largest absolute Gasteiger partial charge is 0.377 e. The van der Waals surface area contributed by atoms with Crippen LogP contribution in [0.3, 0.4) is 0 Å². The van der Waals surface area contributed by atoms with E-state index in [1.54, 1.807) is 48.8 Å². The van der Waals surface area contributed by atoms with Gasteiger partial charge >= 0.3 is 0 Å². The van der Waals surface area contributed by atoms with Crippen molar-refractivity contribution < 1.29 is 14.3 Å². The molecule has 1 saturated heterocycles. The van der Waals surface area contributed by atoms with Crippen LogP contribution in [0, 0.1) is 0 Å². The standard InChI is InChI=1S/C19H21N3O3/c1-19(2)13-25-11-10-22(19)18(24)15-4-3-5-16(12-15)21-17(23)14-6-8-20-9-7-14/h3-9,12H,10-11,13H2,1-2H3,(H,21,23). The molecule has 0 unspecified atom stereocenters. The molecule has 0 atom stereocenters. The zero-order chi connectivity index (χ0) is 17.9. The number of carbonyl (C=O) groups excluding carboxylic acids is 2. The maximum Gasteiger partial charge on any atom is 0.255 e. The van der Waals surface area contributed by atoms with E-state index in [1.165, 1.54) is 0 Å². The smallest absolute Gasteiger partial charge is 0.255 e. The lowest BCUT2D eigenvalue weighted by Crippen LogP contribution is -2.55. The molecule has 1 fully saturated rings. The van der Waals surface area contributed by atoms with Gasteiger partial charge in [0.2, 0.25) is 0 Å². The Morgan fingerprint density at radius 3 is 2.64 bits per heavy atom. The summed E-state index contributed by atoms with van der Waals surface area (Å²) in [4.78, 5) is 30.8. The number of hydrogen-bond donors (Lipinski definition) is 1. The van der Waals surface area contributed by atoms with Crippen molar-refractivity contribution in [3.63, 3.8) is 0 Å². The van der Waals surface area contributed by atoms with E-state index in [0.29, 0.717) is 36.6 Å². The monoisotopic (exact) mass is 339 g/mol. The molecule has 2 heterocycles. The van der Waals surface area contributed by atoms with Gasteiger partial charge in [0.25, 0.3) is 11.8 Å². The molecule has 1 aliphatic heterocycles. The highest BCUT2D eigenvalue weighted by molar-refractivity contribution is 6.05. The van der Waals surface area contributed by atoms with E-state index >= 15 is 0 Å². The van der Waals surface area contributed by atoms with Crippen LogP contribution in [0.1, 0.15) is 34.6 Å². The van der Waals surface area contributed by atoms with Crippen molar-refractivity contribution in [1.82, 2.24) is 9.88 Å². The van der Waals surface area contributed by atoms with E-state index in [0.717, 1.165) is 0 Å². The van der Waals surface area contributed by atoms with Gasteiger partial charge in [-0.15, -0.1) is 0 Å². The summed E-state index contributed by atoms with van der Waals surface area (Å²) in [6.07, 6.45) is 3.13. The molecule has 1 N–H and O–H groups in total. The summed E-state index contributed by atoms with van der Waals surface area (Å²) in [7, 11) is 0. The van der Waals surface area contributed by atoms with Gasteiger partial charge in [-0.3, -0.25) is 14.6 Å². The minimum atomic E-state index is -0.356. The second kappa shape index (κ2) is 7.03. The Morgan fingerprint density at radius 2 is 1.92 bits per heavy atom. The van der Waals surface area contributed by atoms with Gasteiger partial charge in [0, 0.05) is 35.8 Å². The third-order valence-electron chi connectivity index (χ3n) is 4.20. The molecular weight excluding hydrogens is 318 g/mol. The molecule has 2 aromatic rings.